The molecule has 0 bridgehead atoms. The third-order valence-electron chi connectivity index (χ3n) is 5.51. The zero-order valence-electron chi connectivity index (χ0n) is 19.7. The second-order valence-electron chi connectivity index (χ2n) is 7.97. The summed E-state index contributed by atoms with van der Waals surface area (Å²) in [5, 5.41) is 9.45. The van der Waals surface area contributed by atoms with Gasteiger partial charge in [-0.1, -0.05) is 52.8 Å². The maximum Gasteiger partial charge on any atom is 0.338 e. The molecular weight excluding hydrogens is 613 g/mol. The van der Waals surface area contributed by atoms with Crippen LogP contribution in [-0.2, 0) is 9.53 Å². The van der Waals surface area contributed by atoms with E-state index in [2.05, 4.69) is 27.6 Å². The topological polar surface area (TPSA) is 93.7 Å². The molecule has 1 aromatic heterocycles. The Labute approximate surface area is 230 Å². The normalized spacial score (nSPS) is 15.2. The van der Waals surface area contributed by atoms with E-state index < -0.39 is 12.0 Å². The van der Waals surface area contributed by atoms with E-state index in [0.717, 1.165) is 11.1 Å². The standard InChI is InChI=1S/C26H21ClIN3O4S/c1-4-34-25(33)21-15(3)30-26-31(22(21)16-7-5-14(2)6-8-16)24(32)20(36-26)12-17-11-18(27)13-19(28)23(17)35-10-9-29/h5-8,11-13,22H,4,10H2,1-3H3/b20-12-/t22-/m0/s1. The number of ether oxygens (including phenoxy) is 2. The zero-order valence-corrected chi connectivity index (χ0v) is 23.4. The number of allylic oxidation sites excluding steroid dienone is 1. The third-order valence-corrected chi connectivity index (χ3v) is 7.52. The summed E-state index contributed by atoms with van der Waals surface area (Å²) in [7, 11) is 0. The first-order chi connectivity index (χ1) is 17.2. The lowest BCUT2D eigenvalue weighted by Gasteiger charge is -2.24. The lowest BCUT2D eigenvalue weighted by Crippen LogP contribution is -2.39. The molecule has 7 nitrogen and oxygen atoms in total. The number of aromatic nitrogens is 1. The summed E-state index contributed by atoms with van der Waals surface area (Å²) in [6.45, 7) is 5.52. The number of nitrogens with zero attached hydrogens (tertiary/aromatic N) is 3. The van der Waals surface area contributed by atoms with Crippen molar-refractivity contribution >= 4 is 57.6 Å². The van der Waals surface area contributed by atoms with E-state index in [1.807, 2.05) is 37.3 Å². The Morgan fingerprint density at radius 2 is 2.03 bits per heavy atom. The molecule has 1 atom stereocenters. The molecule has 4 rings (SSSR count). The first kappa shape index (κ1) is 26.1. The number of rotatable bonds is 6. The van der Waals surface area contributed by atoms with E-state index in [0.29, 0.717) is 40.5 Å². The minimum Gasteiger partial charge on any atom is -0.477 e. The van der Waals surface area contributed by atoms with Gasteiger partial charge < -0.3 is 9.47 Å². The van der Waals surface area contributed by atoms with E-state index in [1.165, 1.54) is 15.9 Å². The molecule has 2 heterocycles. The van der Waals surface area contributed by atoms with Gasteiger partial charge in [-0.15, -0.1) is 0 Å². The van der Waals surface area contributed by atoms with E-state index in [4.69, 9.17) is 26.3 Å². The number of fused-ring (bicyclic) bond motifs is 1. The third kappa shape index (κ3) is 5.12. The fourth-order valence-corrected chi connectivity index (χ4v) is 6.19. The summed E-state index contributed by atoms with van der Waals surface area (Å²) >= 11 is 9.57. The Hall–Kier alpha value is -2.94. The van der Waals surface area contributed by atoms with Crippen molar-refractivity contribution in [3.8, 4) is 11.8 Å². The molecule has 1 aliphatic heterocycles. The van der Waals surface area contributed by atoms with Gasteiger partial charge in [0.15, 0.2) is 11.4 Å². The van der Waals surface area contributed by atoms with Crippen LogP contribution in [0.25, 0.3) is 6.08 Å². The van der Waals surface area contributed by atoms with E-state index in [9.17, 15) is 9.59 Å². The lowest BCUT2D eigenvalue weighted by atomic mass is 9.95. The summed E-state index contributed by atoms with van der Waals surface area (Å²) in [6, 6.07) is 12.4. The number of thiazole rings is 1. The molecule has 0 aliphatic carbocycles. The van der Waals surface area contributed by atoms with Crippen LogP contribution < -0.4 is 19.6 Å². The van der Waals surface area contributed by atoms with E-state index in [1.54, 1.807) is 32.1 Å². The van der Waals surface area contributed by atoms with Crippen molar-refractivity contribution in [1.82, 2.24) is 4.57 Å². The molecule has 0 N–H and O–H groups in total. The minimum absolute atomic E-state index is 0.144. The molecule has 0 saturated carbocycles. The molecular formula is C26H21ClIN3O4S. The van der Waals surface area contributed by atoms with Gasteiger partial charge in [0.05, 0.1) is 32.0 Å². The highest BCUT2D eigenvalue weighted by molar-refractivity contribution is 14.1. The molecule has 0 spiro atoms. The maximum absolute atomic E-state index is 13.8. The van der Waals surface area contributed by atoms with Gasteiger partial charge in [-0.25, -0.2) is 9.79 Å². The van der Waals surface area contributed by atoms with Gasteiger partial charge in [-0.05, 0) is 67.1 Å². The van der Waals surface area contributed by atoms with Crippen molar-refractivity contribution in [1.29, 1.82) is 5.26 Å². The number of halogens is 2. The molecule has 0 radical (unpaired) electrons. The SMILES string of the molecule is CCOC(=O)C1=C(C)N=c2s/c(=C\c3cc(Cl)cc(I)c3OCC#N)c(=O)n2[C@H]1c1ccc(C)cc1. The summed E-state index contributed by atoms with van der Waals surface area (Å²) in [6.07, 6.45) is 1.68. The Morgan fingerprint density at radius 1 is 1.31 bits per heavy atom. The number of nitriles is 1. The van der Waals surface area contributed by atoms with Crippen molar-refractivity contribution in [3.05, 3.63) is 92.6 Å². The van der Waals surface area contributed by atoms with Crippen LogP contribution in [0.2, 0.25) is 5.02 Å². The lowest BCUT2D eigenvalue weighted by molar-refractivity contribution is -0.139. The highest BCUT2D eigenvalue weighted by atomic mass is 127. The Morgan fingerprint density at radius 3 is 2.69 bits per heavy atom. The van der Waals surface area contributed by atoms with Gasteiger partial charge in [0.1, 0.15) is 11.8 Å². The predicted octanol–water partition coefficient (Wildman–Crippen LogP) is 4.27. The number of carbonyl (C=O) groups is 1. The zero-order chi connectivity index (χ0) is 26.0. The molecule has 0 amide bonds. The number of hydrogen-bond donors (Lipinski definition) is 0. The van der Waals surface area contributed by atoms with Crippen LogP contribution in [-0.4, -0.2) is 23.8 Å². The van der Waals surface area contributed by atoms with Crippen LogP contribution in [0.1, 0.15) is 36.6 Å². The summed E-state index contributed by atoms with van der Waals surface area (Å²) < 4.78 is 13.6. The van der Waals surface area contributed by atoms with Crippen molar-refractivity contribution in [2.45, 2.75) is 26.8 Å². The molecule has 10 heteroatoms. The molecule has 2 aromatic carbocycles. The Balaban J connectivity index is 1.96. The van der Waals surface area contributed by atoms with Crippen LogP contribution in [0.4, 0.5) is 0 Å². The summed E-state index contributed by atoms with van der Waals surface area (Å²) in [4.78, 5) is 31.8. The van der Waals surface area contributed by atoms with Crippen molar-refractivity contribution < 1.29 is 14.3 Å². The van der Waals surface area contributed by atoms with Gasteiger partial charge in [-0.3, -0.25) is 9.36 Å². The van der Waals surface area contributed by atoms with Crippen LogP contribution in [0.15, 0.2) is 57.5 Å². The minimum atomic E-state index is -0.683. The second-order valence-corrected chi connectivity index (χ2v) is 10.6. The molecule has 0 unspecified atom stereocenters. The summed E-state index contributed by atoms with van der Waals surface area (Å²) in [5.74, 6) is -0.0407. The van der Waals surface area contributed by atoms with Crippen molar-refractivity contribution in [2.75, 3.05) is 13.2 Å². The number of aryl methyl sites for hydroxylation is 1. The average Bonchev–Trinajstić information content (AvgIpc) is 3.12. The van der Waals surface area contributed by atoms with Crippen LogP contribution in [0.5, 0.6) is 5.75 Å². The monoisotopic (exact) mass is 633 g/mol. The summed E-state index contributed by atoms with van der Waals surface area (Å²) in [5.41, 5.74) is 2.93. The van der Waals surface area contributed by atoms with Gasteiger partial charge >= 0.3 is 5.97 Å². The van der Waals surface area contributed by atoms with E-state index in [-0.39, 0.29) is 18.8 Å². The smallest absolute Gasteiger partial charge is 0.338 e. The van der Waals surface area contributed by atoms with Crippen molar-refractivity contribution in [3.63, 3.8) is 0 Å². The van der Waals surface area contributed by atoms with Gasteiger partial charge in [0.25, 0.3) is 5.56 Å². The fourth-order valence-electron chi connectivity index (χ4n) is 3.94. The average molecular weight is 634 g/mol. The predicted molar refractivity (Wildman–Crippen MR) is 147 cm³/mol. The van der Waals surface area contributed by atoms with E-state index >= 15 is 0 Å². The number of hydrogen-bond acceptors (Lipinski definition) is 7. The molecule has 1 aliphatic rings. The molecule has 0 saturated heterocycles. The highest BCUT2D eigenvalue weighted by Gasteiger charge is 2.33. The maximum atomic E-state index is 13.8. The molecule has 184 valence electrons. The van der Waals surface area contributed by atoms with Crippen LogP contribution >= 0.6 is 45.5 Å². The quantitative estimate of drug-likeness (QED) is 0.299. The second kappa shape index (κ2) is 11.0. The molecule has 0 fully saturated rings. The van der Waals surface area contributed by atoms with Gasteiger partial charge in [-0.2, -0.15) is 5.26 Å². The number of benzene rings is 2. The first-order valence-corrected chi connectivity index (χ1v) is 13.3. The Kier molecular flexibility index (Phi) is 7.97. The Bertz CT molecular complexity index is 1600. The first-order valence-electron chi connectivity index (χ1n) is 11.0. The number of esters is 1. The van der Waals surface area contributed by atoms with Crippen LogP contribution in [0, 0.1) is 21.8 Å². The molecule has 3 aromatic rings. The number of carbonyl (C=O) groups excluding carboxylic acids is 1. The molecule has 36 heavy (non-hydrogen) atoms. The fraction of sp³-hybridized carbons (Fsp3) is 0.231. The van der Waals surface area contributed by atoms with Gasteiger partial charge in [0, 0.05) is 10.6 Å². The van der Waals surface area contributed by atoms with Gasteiger partial charge in [0.2, 0.25) is 0 Å². The highest BCUT2D eigenvalue weighted by Crippen LogP contribution is 2.32. The van der Waals surface area contributed by atoms with Crippen LogP contribution in [0.3, 0.4) is 0 Å². The van der Waals surface area contributed by atoms with Crippen molar-refractivity contribution in [2.24, 2.45) is 4.99 Å². The largest absolute Gasteiger partial charge is 0.477 e.